The maximum Gasteiger partial charge on any atom is 0.472 e. The highest BCUT2D eigenvalue weighted by Crippen LogP contribution is 2.47. The van der Waals surface area contributed by atoms with Crippen molar-refractivity contribution in [1.82, 2.24) is 0 Å². The van der Waals surface area contributed by atoms with Crippen molar-refractivity contribution in [2.24, 2.45) is 0 Å². The minimum absolute atomic E-state index is 0.00890. The summed E-state index contributed by atoms with van der Waals surface area (Å²) in [7, 11) is -5.15. The molecular weight excluding hydrogens is 880 g/mol. The number of aliphatic hydroxyl groups is 5. The van der Waals surface area contributed by atoms with Crippen LogP contribution in [0.1, 0.15) is 174 Å². The van der Waals surface area contributed by atoms with E-state index < -0.39 is 75.7 Å². The van der Waals surface area contributed by atoms with Gasteiger partial charge in [-0.25, -0.2) is 4.57 Å². The number of aliphatic hydroxyl groups excluding tert-OH is 5. The molecule has 1 saturated heterocycles. The average molecular weight is 967 g/mol. The van der Waals surface area contributed by atoms with Crippen molar-refractivity contribution < 1.29 is 67.8 Å². The Labute approximate surface area is 401 Å². The van der Waals surface area contributed by atoms with E-state index in [0.29, 0.717) is 25.4 Å². The van der Waals surface area contributed by atoms with Crippen LogP contribution in [0.25, 0.3) is 0 Å². The second-order valence-corrected chi connectivity index (χ2v) is 19.1. The topological polar surface area (TPSA) is 222 Å². The van der Waals surface area contributed by atoms with E-state index in [9.17, 15) is 44.6 Å². The number of carbonyl (C=O) groups is 2. The Morgan fingerprint density at radius 2 is 0.940 bits per heavy atom. The standard InChI is InChI=1S/C52H87O14P/c1-3-5-7-9-11-12-13-14-15-16-17-18-19-20-21-22-23-26-30-34-38-45(53)62-40-42(41-63-67(60,61)66-52-50(58)48(56)47(55)49(57)51(52)59)64-46(54)39-35-31-27-24-25-29-33-37-44-43(65-44)36-32-28-10-8-6-4-2/h12-13,15-16,18-19,24,27-29,32-33,42-44,47-52,55-59H,3-11,14,17,20-23,25-26,30-31,34-41H2,1-2H3,(H,60,61)/b13-12-,16-15-,19-18-,27-24-,32-28-,33-29-/t42-,43?,44?,47?,48-,49+,50-,51-,52?/m1/s1. The zero-order chi connectivity index (χ0) is 49.0. The van der Waals surface area contributed by atoms with Crippen molar-refractivity contribution in [2.75, 3.05) is 13.2 Å². The van der Waals surface area contributed by atoms with E-state index in [0.717, 1.165) is 77.0 Å². The van der Waals surface area contributed by atoms with Gasteiger partial charge in [0.15, 0.2) is 6.10 Å². The molecule has 5 unspecified atom stereocenters. The third-order valence-electron chi connectivity index (χ3n) is 11.7. The molecule has 1 saturated carbocycles. The van der Waals surface area contributed by atoms with Crippen LogP contribution in [0.5, 0.6) is 0 Å². The molecule has 1 heterocycles. The Morgan fingerprint density at radius 3 is 1.52 bits per heavy atom. The van der Waals surface area contributed by atoms with Gasteiger partial charge in [0.05, 0.1) is 18.8 Å². The number of allylic oxidation sites excluding steroid dienone is 10. The van der Waals surface area contributed by atoms with E-state index >= 15 is 0 Å². The number of phosphoric ester groups is 1. The SMILES string of the molecule is CCCCC/C=C\CC1OC1C/C=C\C/C=C\CCCC(=O)O[C@H](COC(=O)CCCCCCCC/C=C\C/C=C\C/C=C\CCCCCC)COP(=O)(O)OC1[C@H](O)[C@H](O)C(O)[C@H](O)[C@H]1O. The van der Waals surface area contributed by atoms with E-state index in [-0.39, 0.29) is 18.9 Å². The number of carbonyl (C=O) groups excluding carboxylic acids is 2. The van der Waals surface area contributed by atoms with Crippen LogP contribution in [0.4, 0.5) is 0 Å². The molecule has 1 aliphatic heterocycles. The highest BCUT2D eigenvalue weighted by molar-refractivity contribution is 7.47. The van der Waals surface area contributed by atoms with Gasteiger partial charge in [-0.05, 0) is 89.9 Å². The third kappa shape index (κ3) is 29.8. The summed E-state index contributed by atoms with van der Waals surface area (Å²) in [5.74, 6) is -1.19. The minimum atomic E-state index is -5.15. The van der Waals surface area contributed by atoms with Gasteiger partial charge >= 0.3 is 19.8 Å². The van der Waals surface area contributed by atoms with Gasteiger partial charge in [0, 0.05) is 12.8 Å². The monoisotopic (exact) mass is 967 g/mol. The Kier molecular flexibility index (Phi) is 34.3. The summed E-state index contributed by atoms with van der Waals surface area (Å²) in [6, 6.07) is 0. The van der Waals surface area contributed by atoms with Gasteiger partial charge in [-0.15, -0.1) is 0 Å². The van der Waals surface area contributed by atoms with E-state index in [1.807, 2.05) is 12.2 Å². The lowest BCUT2D eigenvalue weighted by atomic mass is 9.85. The van der Waals surface area contributed by atoms with Crippen LogP contribution in [-0.4, -0.2) is 111 Å². The number of unbranched alkanes of at least 4 members (excludes halogenated alkanes) is 14. The van der Waals surface area contributed by atoms with Gasteiger partial charge in [-0.2, -0.15) is 0 Å². The maximum atomic E-state index is 12.9. The van der Waals surface area contributed by atoms with Gasteiger partial charge < -0.3 is 44.6 Å². The summed E-state index contributed by atoms with van der Waals surface area (Å²) in [5, 5.41) is 50.3. The highest BCUT2D eigenvalue weighted by atomic mass is 31.2. The molecule has 10 atom stereocenters. The van der Waals surface area contributed by atoms with Crippen LogP contribution in [0.2, 0.25) is 0 Å². The van der Waals surface area contributed by atoms with Gasteiger partial charge in [-0.1, -0.05) is 145 Å². The average Bonchev–Trinajstić information content (AvgIpc) is 4.07. The predicted molar refractivity (Wildman–Crippen MR) is 262 cm³/mol. The normalized spacial score (nSPS) is 24.8. The first-order valence-corrected chi connectivity index (χ1v) is 26.9. The molecule has 2 fully saturated rings. The van der Waals surface area contributed by atoms with Crippen molar-refractivity contribution in [2.45, 2.75) is 229 Å². The molecule has 0 aromatic carbocycles. The van der Waals surface area contributed by atoms with E-state index in [1.54, 1.807) is 0 Å². The molecule has 0 aromatic rings. The fourth-order valence-electron chi connectivity index (χ4n) is 7.45. The molecule has 6 N–H and O–H groups in total. The summed E-state index contributed by atoms with van der Waals surface area (Å²) in [6.45, 7) is 3.19. The minimum Gasteiger partial charge on any atom is -0.462 e. The fourth-order valence-corrected chi connectivity index (χ4v) is 8.42. The molecule has 2 aliphatic rings. The Balaban J connectivity index is 1.70. The van der Waals surface area contributed by atoms with Gasteiger partial charge in [0.1, 0.15) is 43.2 Å². The van der Waals surface area contributed by atoms with E-state index in [4.69, 9.17) is 23.3 Å². The van der Waals surface area contributed by atoms with Crippen molar-refractivity contribution in [3.63, 3.8) is 0 Å². The zero-order valence-electron chi connectivity index (χ0n) is 40.6. The first-order valence-electron chi connectivity index (χ1n) is 25.4. The first kappa shape index (κ1) is 60.4. The lowest BCUT2D eigenvalue weighted by Crippen LogP contribution is -2.64. The van der Waals surface area contributed by atoms with Crippen molar-refractivity contribution in [3.05, 3.63) is 72.9 Å². The van der Waals surface area contributed by atoms with Crippen LogP contribution < -0.4 is 0 Å². The van der Waals surface area contributed by atoms with Gasteiger partial charge in [0.2, 0.25) is 0 Å². The second-order valence-electron chi connectivity index (χ2n) is 17.7. The maximum absolute atomic E-state index is 12.9. The van der Waals surface area contributed by atoms with Crippen molar-refractivity contribution >= 4 is 19.8 Å². The van der Waals surface area contributed by atoms with Gasteiger partial charge in [-0.3, -0.25) is 18.6 Å². The summed E-state index contributed by atoms with van der Waals surface area (Å²) in [4.78, 5) is 35.8. The molecule has 15 heteroatoms. The molecule has 0 amide bonds. The van der Waals surface area contributed by atoms with E-state index in [2.05, 4.69) is 74.6 Å². The Hall–Kier alpha value is -2.75. The Morgan fingerprint density at radius 1 is 0.522 bits per heavy atom. The number of hydrogen-bond donors (Lipinski definition) is 6. The lowest BCUT2D eigenvalue weighted by molar-refractivity contribution is -0.220. The second kappa shape index (κ2) is 38.1. The summed E-state index contributed by atoms with van der Waals surface area (Å²) >= 11 is 0. The number of epoxide rings is 1. The zero-order valence-corrected chi connectivity index (χ0v) is 41.5. The molecule has 0 radical (unpaired) electrons. The van der Waals surface area contributed by atoms with Crippen molar-refractivity contribution in [3.8, 4) is 0 Å². The number of phosphoric acid groups is 1. The summed E-state index contributed by atoms with van der Waals surface area (Å²) < 4.78 is 39.3. The van der Waals surface area contributed by atoms with Crippen LogP contribution in [0.3, 0.4) is 0 Å². The molecule has 0 aromatic heterocycles. The number of rotatable bonds is 40. The van der Waals surface area contributed by atoms with Crippen LogP contribution in [0.15, 0.2) is 72.9 Å². The largest absolute Gasteiger partial charge is 0.472 e. The third-order valence-corrected chi connectivity index (χ3v) is 12.7. The molecule has 0 spiro atoms. The predicted octanol–water partition coefficient (Wildman–Crippen LogP) is 9.66. The molecule has 2 rings (SSSR count). The van der Waals surface area contributed by atoms with Crippen LogP contribution >= 0.6 is 7.82 Å². The number of ether oxygens (including phenoxy) is 3. The molecular formula is C52H87O14P. The number of hydrogen-bond acceptors (Lipinski definition) is 13. The molecule has 0 bridgehead atoms. The van der Waals surface area contributed by atoms with Crippen LogP contribution in [0, 0.1) is 0 Å². The molecule has 14 nitrogen and oxygen atoms in total. The van der Waals surface area contributed by atoms with Crippen LogP contribution in [-0.2, 0) is 37.4 Å². The smallest absolute Gasteiger partial charge is 0.462 e. The fraction of sp³-hybridized carbons (Fsp3) is 0.731. The highest BCUT2D eigenvalue weighted by Gasteiger charge is 2.51. The molecule has 67 heavy (non-hydrogen) atoms. The molecule has 1 aliphatic carbocycles. The van der Waals surface area contributed by atoms with E-state index in [1.165, 1.54) is 51.4 Å². The first-order chi connectivity index (χ1) is 32.4. The molecule has 384 valence electrons. The van der Waals surface area contributed by atoms with Gasteiger partial charge in [0.25, 0.3) is 0 Å². The Bertz CT molecular complexity index is 1510. The summed E-state index contributed by atoms with van der Waals surface area (Å²) in [6.07, 6.45) is 36.9. The summed E-state index contributed by atoms with van der Waals surface area (Å²) in [5.41, 5.74) is 0. The van der Waals surface area contributed by atoms with Crippen molar-refractivity contribution in [1.29, 1.82) is 0 Å². The number of esters is 2. The lowest BCUT2D eigenvalue weighted by Gasteiger charge is -2.41. The quantitative estimate of drug-likeness (QED) is 0.0111.